The first-order chi connectivity index (χ1) is 14.9. The van der Waals surface area contributed by atoms with Gasteiger partial charge in [0.25, 0.3) is 0 Å². The summed E-state index contributed by atoms with van der Waals surface area (Å²) in [6.07, 6.45) is 1.85. The molecule has 1 aromatic heterocycles. The van der Waals surface area contributed by atoms with Crippen molar-refractivity contribution in [1.29, 1.82) is 0 Å². The lowest BCUT2D eigenvalue weighted by Crippen LogP contribution is -2.43. The van der Waals surface area contributed by atoms with Crippen molar-refractivity contribution in [3.63, 3.8) is 0 Å². The molecule has 0 amide bonds. The van der Waals surface area contributed by atoms with Gasteiger partial charge in [-0.2, -0.15) is 0 Å². The maximum Gasteiger partial charge on any atom is 0.128 e. The maximum absolute atomic E-state index is 13.5. The fourth-order valence-electron chi connectivity index (χ4n) is 4.57. The zero-order chi connectivity index (χ0) is 22.0. The SMILES string of the molecule is Cc1cc(C(C)OCC2(c3ccc(F)cc3)CCNCC2)c2nc(N(C)C)ccc2c1. The van der Waals surface area contributed by atoms with Gasteiger partial charge < -0.3 is 15.0 Å². The minimum Gasteiger partial charge on any atom is -0.373 e. The number of benzene rings is 2. The zero-order valence-electron chi connectivity index (χ0n) is 18.9. The Morgan fingerprint density at radius 3 is 2.48 bits per heavy atom. The van der Waals surface area contributed by atoms with Gasteiger partial charge in [0.1, 0.15) is 11.6 Å². The van der Waals surface area contributed by atoms with E-state index >= 15 is 0 Å². The van der Waals surface area contributed by atoms with Crippen LogP contribution in [0.4, 0.5) is 10.2 Å². The third-order valence-electron chi connectivity index (χ3n) is 6.47. The number of nitrogens with one attached hydrogen (secondary N) is 1. The number of hydrogen-bond acceptors (Lipinski definition) is 4. The Hall–Kier alpha value is -2.50. The number of anilines is 1. The average molecular weight is 422 g/mol. The number of ether oxygens (including phenoxy) is 1. The summed E-state index contributed by atoms with van der Waals surface area (Å²) in [5, 5.41) is 4.57. The molecular weight excluding hydrogens is 389 g/mol. The first-order valence-electron chi connectivity index (χ1n) is 11.0. The first-order valence-corrected chi connectivity index (χ1v) is 11.0. The standard InChI is InChI=1S/C26H32FN3O/c1-18-15-20-5-10-24(30(3)4)29-25(20)23(16-18)19(2)31-17-26(11-13-28-14-12-26)21-6-8-22(27)9-7-21/h5-10,15-16,19,28H,11-14,17H2,1-4H3. The molecule has 1 aliphatic heterocycles. The predicted octanol–water partition coefficient (Wildman–Crippen LogP) is 5.15. The Morgan fingerprint density at radius 1 is 1.10 bits per heavy atom. The Balaban J connectivity index is 1.63. The van der Waals surface area contributed by atoms with Crippen LogP contribution in [0.5, 0.6) is 0 Å². The molecule has 1 N–H and O–H groups in total. The van der Waals surface area contributed by atoms with Gasteiger partial charge in [-0.15, -0.1) is 0 Å². The molecule has 31 heavy (non-hydrogen) atoms. The van der Waals surface area contributed by atoms with Crippen LogP contribution < -0.4 is 10.2 Å². The highest BCUT2D eigenvalue weighted by Gasteiger charge is 2.35. The van der Waals surface area contributed by atoms with E-state index in [9.17, 15) is 4.39 Å². The highest BCUT2D eigenvalue weighted by molar-refractivity contribution is 5.84. The van der Waals surface area contributed by atoms with Gasteiger partial charge in [0, 0.05) is 30.5 Å². The van der Waals surface area contributed by atoms with Crippen molar-refractivity contribution in [2.24, 2.45) is 0 Å². The number of pyridine rings is 1. The summed E-state index contributed by atoms with van der Waals surface area (Å²) in [5.74, 6) is 0.738. The fourth-order valence-corrected chi connectivity index (χ4v) is 4.57. The Kier molecular flexibility index (Phi) is 6.26. The van der Waals surface area contributed by atoms with Crippen molar-refractivity contribution < 1.29 is 9.13 Å². The molecule has 4 rings (SSSR count). The van der Waals surface area contributed by atoms with Gasteiger partial charge in [-0.1, -0.05) is 23.8 Å². The summed E-state index contributed by atoms with van der Waals surface area (Å²) in [5.41, 5.74) is 4.36. The third-order valence-corrected chi connectivity index (χ3v) is 6.47. The van der Waals surface area contributed by atoms with E-state index in [4.69, 9.17) is 9.72 Å². The molecule has 0 bridgehead atoms. The van der Waals surface area contributed by atoms with Crippen LogP contribution in [-0.4, -0.2) is 38.8 Å². The van der Waals surface area contributed by atoms with Gasteiger partial charge in [-0.25, -0.2) is 9.37 Å². The molecule has 4 nitrogen and oxygen atoms in total. The van der Waals surface area contributed by atoms with Gasteiger partial charge in [0.05, 0.1) is 18.2 Å². The molecule has 1 unspecified atom stereocenters. The van der Waals surface area contributed by atoms with E-state index < -0.39 is 0 Å². The molecule has 1 fully saturated rings. The molecule has 1 saturated heterocycles. The lowest BCUT2D eigenvalue weighted by Gasteiger charge is -2.39. The quantitative estimate of drug-likeness (QED) is 0.597. The van der Waals surface area contributed by atoms with E-state index in [1.54, 1.807) is 12.1 Å². The minimum absolute atomic E-state index is 0.0977. The van der Waals surface area contributed by atoms with Crippen molar-refractivity contribution in [2.75, 3.05) is 38.7 Å². The molecule has 1 aliphatic rings. The van der Waals surface area contributed by atoms with Gasteiger partial charge in [0.15, 0.2) is 0 Å². The van der Waals surface area contributed by atoms with Crippen LogP contribution in [0.1, 0.15) is 42.6 Å². The summed E-state index contributed by atoms with van der Waals surface area (Å²) < 4.78 is 20.1. The lowest BCUT2D eigenvalue weighted by atomic mass is 9.74. The highest BCUT2D eigenvalue weighted by atomic mass is 19.1. The van der Waals surface area contributed by atoms with Crippen molar-refractivity contribution >= 4 is 16.7 Å². The fraction of sp³-hybridized carbons (Fsp3) is 0.423. The van der Waals surface area contributed by atoms with Crippen LogP contribution in [0, 0.1) is 12.7 Å². The molecule has 5 heteroatoms. The van der Waals surface area contributed by atoms with Gasteiger partial charge in [-0.05, 0) is 75.7 Å². The minimum atomic E-state index is -0.198. The van der Waals surface area contributed by atoms with Crippen LogP contribution in [-0.2, 0) is 10.2 Å². The van der Waals surface area contributed by atoms with Crippen LogP contribution in [0.2, 0.25) is 0 Å². The molecule has 164 valence electrons. The lowest BCUT2D eigenvalue weighted by molar-refractivity contribution is 0.0172. The molecule has 0 aliphatic carbocycles. The molecule has 0 spiro atoms. The van der Waals surface area contributed by atoms with E-state index in [0.717, 1.165) is 53.8 Å². The van der Waals surface area contributed by atoms with Gasteiger partial charge >= 0.3 is 0 Å². The second-order valence-corrected chi connectivity index (χ2v) is 8.98. The second kappa shape index (κ2) is 8.93. The first kappa shape index (κ1) is 21.7. The third kappa shape index (κ3) is 4.58. The number of piperidine rings is 1. The summed E-state index contributed by atoms with van der Waals surface area (Å²) >= 11 is 0. The van der Waals surface area contributed by atoms with Crippen LogP contribution >= 0.6 is 0 Å². The monoisotopic (exact) mass is 421 g/mol. The van der Waals surface area contributed by atoms with E-state index in [2.05, 4.69) is 43.4 Å². The number of halogens is 1. The number of hydrogen-bond donors (Lipinski definition) is 1. The molecule has 2 aromatic carbocycles. The van der Waals surface area contributed by atoms with Crippen molar-refractivity contribution in [1.82, 2.24) is 10.3 Å². The molecule has 0 radical (unpaired) electrons. The smallest absolute Gasteiger partial charge is 0.128 e. The van der Waals surface area contributed by atoms with Gasteiger partial charge in [-0.3, -0.25) is 0 Å². The van der Waals surface area contributed by atoms with E-state index in [0.29, 0.717) is 6.61 Å². The summed E-state index contributed by atoms with van der Waals surface area (Å²) in [6, 6.07) is 15.5. The number of fused-ring (bicyclic) bond motifs is 1. The molecule has 0 saturated carbocycles. The van der Waals surface area contributed by atoms with Crippen molar-refractivity contribution in [2.45, 2.75) is 38.2 Å². The second-order valence-electron chi connectivity index (χ2n) is 8.98. The highest BCUT2D eigenvalue weighted by Crippen LogP contribution is 2.36. The Labute approximate surface area is 184 Å². The number of aromatic nitrogens is 1. The van der Waals surface area contributed by atoms with Crippen molar-refractivity contribution in [3.8, 4) is 0 Å². The van der Waals surface area contributed by atoms with E-state index in [1.807, 2.05) is 31.1 Å². The summed E-state index contributed by atoms with van der Waals surface area (Å²) in [7, 11) is 4.01. The largest absolute Gasteiger partial charge is 0.373 e. The predicted molar refractivity (Wildman–Crippen MR) is 125 cm³/mol. The van der Waals surface area contributed by atoms with Crippen LogP contribution in [0.25, 0.3) is 10.9 Å². The molecule has 2 heterocycles. The maximum atomic E-state index is 13.5. The van der Waals surface area contributed by atoms with E-state index in [1.165, 1.54) is 5.56 Å². The normalized spacial score (nSPS) is 16.9. The Bertz CT molecular complexity index is 1040. The topological polar surface area (TPSA) is 37.4 Å². The number of rotatable bonds is 6. The number of aryl methyl sites for hydroxylation is 1. The summed E-state index contributed by atoms with van der Waals surface area (Å²) in [6.45, 7) is 6.71. The van der Waals surface area contributed by atoms with Crippen LogP contribution in [0.3, 0.4) is 0 Å². The van der Waals surface area contributed by atoms with Gasteiger partial charge in [0.2, 0.25) is 0 Å². The molecule has 3 aromatic rings. The van der Waals surface area contributed by atoms with Crippen LogP contribution in [0.15, 0.2) is 48.5 Å². The number of nitrogens with zero attached hydrogens (tertiary/aromatic N) is 2. The molecular formula is C26H32FN3O. The zero-order valence-corrected chi connectivity index (χ0v) is 18.9. The average Bonchev–Trinajstić information content (AvgIpc) is 2.77. The van der Waals surface area contributed by atoms with Crippen molar-refractivity contribution in [3.05, 3.63) is 71.0 Å². The van der Waals surface area contributed by atoms with E-state index in [-0.39, 0.29) is 17.3 Å². The molecule has 1 atom stereocenters. The Morgan fingerprint density at radius 2 is 1.81 bits per heavy atom. The summed E-state index contributed by atoms with van der Waals surface area (Å²) in [4.78, 5) is 6.93.